The SMILES string of the molecule is Cc1cccc(-c2cn(COCC[Si](C)(C)C)cn2)c1. The predicted octanol–water partition coefficient (Wildman–Crippen LogP) is 4.17. The summed E-state index contributed by atoms with van der Waals surface area (Å²) in [5.74, 6) is 0. The monoisotopic (exact) mass is 288 g/mol. The van der Waals surface area contributed by atoms with Crippen LogP contribution in [-0.4, -0.2) is 24.2 Å². The Morgan fingerprint density at radius 3 is 2.75 bits per heavy atom. The van der Waals surface area contributed by atoms with Gasteiger partial charge in [-0.05, 0) is 19.0 Å². The van der Waals surface area contributed by atoms with Crippen LogP contribution in [0, 0.1) is 6.92 Å². The minimum absolute atomic E-state index is 0.587. The molecule has 0 amide bonds. The number of aryl methyl sites for hydroxylation is 1. The maximum Gasteiger partial charge on any atom is 0.123 e. The second-order valence-electron chi connectivity index (χ2n) is 6.49. The van der Waals surface area contributed by atoms with Gasteiger partial charge in [0.1, 0.15) is 6.73 Å². The van der Waals surface area contributed by atoms with Gasteiger partial charge in [0, 0.05) is 26.4 Å². The zero-order chi connectivity index (χ0) is 14.6. The highest BCUT2D eigenvalue weighted by atomic mass is 28.3. The molecule has 0 aliphatic carbocycles. The second kappa shape index (κ2) is 6.37. The minimum Gasteiger partial charge on any atom is -0.361 e. The van der Waals surface area contributed by atoms with E-state index in [4.69, 9.17) is 4.74 Å². The molecule has 2 aromatic rings. The summed E-state index contributed by atoms with van der Waals surface area (Å²) >= 11 is 0. The van der Waals surface area contributed by atoms with Crippen LogP contribution >= 0.6 is 0 Å². The first-order valence-corrected chi connectivity index (χ1v) is 10.8. The van der Waals surface area contributed by atoms with Crippen LogP contribution < -0.4 is 0 Å². The van der Waals surface area contributed by atoms with Gasteiger partial charge in [-0.25, -0.2) is 4.98 Å². The van der Waals surface area contributed by atoms with E-state index in [-0.39, 0.29) is 0 Å². The maximum atomic E-state index is 5.73. The molecule has 0 fully saturated rings. The number of imidazole rings is 1. The van der Waals surface area contributed by atoms with Crippen molar-refractivity contribution < 1.29 is 4.74 Å². The summed E-state index contributed by atoms with van der Waals surface area (Å²) in [6.07, 6.45) is 3.88. The number of hydrogen-bond donors (Lipinski definition) is 0. The van der Waals surface area contributed by atoms with Gasteiger partial charge in [-0.1, -0.05) is 43.4 Å². The molecule has 0 unspecified atom stereocenters. The van der Waals surface area contributed by atoms with E-state index in [1.54, 1.807) is 0 Å². The fourth-order valence-corrected chi connectivity index (χ4v) is 2.69. The van der Waals surface area contributed by atoms with Crippen LogP contribution in [0.4, 0.5) is 0 Å². The molecule has 3 nitrogen and oxygen atoms in total. The van der Waals surface area contributed by atoms with Gasteiger partial charge < -0.3 is 9.30 Å². The Morgan fingerprint density at radius 1 is 1.25 bits per heavy atom. The predicted molar refractivity (Wildman–Crippen MR) is 86.5 cm³/mol. The highest BCUT2D eigenvalue weighted by Gasteiger charge is 2.12. The zero-order valence-corrected chi connectivity index (χ0v) is 13.9. The van der Waals surface area contributed by atoms with Crippen LogP contribution in [0.15, 0.2) is 36.8 Å². The first kappa shape index (κ1) is 15.0. The van der Waals surface area contributed by atoms with Crippen LogP contribution in [0.1, 0.15) is 5.56 Å². The van der Waals surface area contributed by atoms with Gasteiger partial charge in [0.25, 0.3) is 0 Å². The Morgan fingerprint density at radius 2 is 2.05 bits per heavy atom. The quantitative estimate of drug-likeness (QED) is 0.589. The summed E-state index contributed by atoms with van der Waals surface area (Å²) in [7, 11) is -0.999. The average molecular weight is 288 g/mol. The third kappa shape index (κ3) is 4.61. The molecule has 4 heteroatoms. The number of aromatic nitrogens is 2. The summed E-state index contributed by atoms with van der Waals surface area (Å²) in [6, 6.07) is 9.60. The van der Waals surface area contributed by atoms with Gasteiger partial charge in [0.05, 0.1) is 12.0 Å². The third-order valence-electron chi connectivity index (χ3n) is 3.18. The van der Waals surface area contributed by atoms with Gasteiger partial charge >= 0.3 is 0 Å². The van der Waals surface area contributed by atoms with Crippen molar-refractivity contribution in [2.24, 2.45) is 0 Å². The van der Waals surface area contributed by atoms with Crippen LogP contribution in [0.3, 0.4) is 0 Å². The first-order chi connectivity index (χ1) is 9.44. The molecule has 108 valence electrons. The summed E-state index contributed by atoms with van der Waals surface area (Å²) in [5.41, 5.74) is 3.41. The van der Waals surface area contributed by atoms with Crippen LogP contribution in [0.25, 0.3) is 11.3 Å². The lowest BCUT2D eigenvalue weighted by atomic mass is 10.1. The maximum absolute atomic E-state index is 5.73. The molecule has 0 N–H and O–H groups in total. The summed E-state index contributed by atoms with van der Waals surface area (Å²) in [4.78, 5) is 4.45. The van der Waals surface area contributed by atoms with Gasteiger partial charge in [-0.15, -0.1) is 0 Å². The highest BCUT2D eigenvalue weighted by molar-refractivity contribution is 6.76. The van der Waals surface area contributed by atoms with E-state index in [2.05, 4.69) is 55.8 Å². The first-order valence-electron chi connectivity index (χ1n) is 7.11. The van der Waals surface area contributed by atoms with Crippen molar-refractivity contribution in [1.82, 2.24) is 9.55 Å². The number of benzene rings is 1. The topological polar surface area (TPSA) is 27.1 Å². The lowest BCUT2D eigenvalue weighted by molar-refractivity contribution is 0.0872. The normalized spacial score (nSPS) is 11.8. The number of nitrogens with zero attached hydrogens (tertiary/aromatic N) is 2. The molecule has 0 radical (unpaired) electrons. The molecular formula is C16H24N2OSi. The molecule has 2 rings (SSSR count). The number of hydrogen-bond acceptors (Lipinski definition) is 2. The molecule has 1 aromatic heterocycles. The molecule has 0 spiro atoms. The molecule has 0 saturated carbocycles. The molecule has 0 aliphatic heterocycles. The van der Waals surface area contributed by atoms with Crippen molar-refractivity contribution in [1.29, 1.82) is 0 Å². The zero-order valence-electron chi connectivity index (χ0n) is 12.9. The minimum atomic E-state index is -0.999. The molecule has 0 atom stereocenters. The lowest BCUT2D eigenvalue weighted by Crippen LogP contribution is -2.21. The van der Waals surface area contributed by atoms with Crippen LogP contribution in [-0.2, 0) is 11.5 Å². The van der Waals surface area contributed by atoms with Gasteiger partial charge in [-0.2, -0.15) is 0 Å². The van der Waals surface area contributed by atoms with E-state index < -0.39 is 8.07 Å². The summed E-state index contributed by atoms with van der Waals surface area (Å²) in [5, 5.41) is 0. The Kier molecular flexibility index (Phi) is 4.78. The van der Waals surface area contributed by atoms with E-state index in [9.17, 15) is 0 Å². The van der Waals surface area contributed by atoms with Gasteiger partial charge in [-0.3, -0.25) is 0 Å². The van der Waals surface area contributed by atoms with Crippen LogP contribution in [0.5, 0.6) is 0 Å². The molecule has 20 heavy (non-hydrogen) atoms. The Hall–Kier alpha value is -1.39. The fourth-order valence-electron chi connectivity index (χ4n) is 1.93. The molecule has 1 heterocycles. The number of rotatable bonds is 6. The van der Waals surface area contributed by atoms with Crippen molar-refractivity contribution >= 4 is 8.07 Å². The van der Waals surface area contributed by atoms with Crippen molar-refractivity contribution in [2.75, 3.05) is 6.61 Å². The Labute approximate surface area is 122 Å². The Balaban J connectivity index is 1.90. The van der Waals surface area contributed by atoms with Crippen LogP contribution in [0.2, 0.25) is 25.7 Å². The van der Waals surface area contributed by atoms with E-state index in [0.29, 0.717) is 6.73 Å². The highest BCUT2D eigenvalue weighted by Crippen LogP contribution is 2.18. The third-order valence-corrected chi connectivity index (χ3v) is 4.89. The molecule has 1 aromatic carbocycles. The summed E-state index contributed by atoms with van der Waals surface area (Å²) < 4.78 is 7.73. The smallest absolute Gasteiger partial charge is 0.123 e. The van der Waals surface area contributed by atoms with E-state index in [0.717, 1.165) is 17.9 Å². The molecular weight excluding hydrogens is 264 g/mol. The lowest BCUT2D eigenvalue weighted by Gasteiger charge is -2.15. The molecule has 0 saturated heterocycles. The van der Waals surface area contributed by atoms with Crippen molar-refractivity contribution in [3.8, 4) is 11.3 Å². The van der Waals surface area contributed by atoms with E-state index >= 15 is 0 Å². The largest absolute Gasteiger partial charge is 0.361 e. The van der Waals surface area contributed by atoms with Gasteiger partial charge in [0.15, 0.2) is 0 Å². The van der Waals surface area contributed by atoms with Crippen molar-refractivity contribution in [2.45, 2.75) is 39.3 Å². The van der Waals surface area contributed by atoms with Crippen molar-refractivity contribution in [3.63, 3.8) is 0 Å². The standard InChI is InChI=1S/C16H24N2OSi/c1-14-6-5-7-15(10-14)16-11-18(12-17-16)13-19-8-9-20(2,3)4/h5-7,10-12H,8-9,13H2,1-4H3. The van der Waals surface area contributed by atoms with Gasteiger partial charge in [0.2, 0.25) is 0 Å². The average Bonchev–Trinajstić information content (AvgIpc) is 2.82. The molecule has 0 aliphatic rings. The fraction of sp³-hybridized carbons (Fsp3) is 0.438. The Bertz CT molecular complexity index is 558. The number of ether oxygens (including phenoxy) is 1. The molecule has 0 bridgehead atoms. The van der Waals surface area contributed by atoms with E-state index in [1.165, 1.54) is 11.6 Å². The van der Waals surface area contributed by atoms with E-state index in [1.807, 2.05) is 17.1 Å². The van der Waals surface area contributed by atoms with Crippen molar-refractivity contribution in [3.05, 3.63) is 42.4 Å². The second-order valence-corrected chi connectivity index (χ2v) is 12.1. The summed E-state index contributed by atoms with van der Waals surface area (Å²) in [6.45, 7) is 10.6.